The molecule has 0 spiro atoms. The van der Waals surface area contributed by atoms with Gasteiger partial charge in [0.2, 0.25) is 0 Å². The van der Waals surface area contributed by atoms with E-state index in [2.05, 4.69) is 30.1 Å². The third-order valence-electron chi connectivity index (χ3n) is 4.74. The quantitative estimate of drug-likeness (QED) is 0.583. The van der Waals surface area contributed by atoms with Crippen LogP contribution >= 0.6 is 11.3 Å². The summed E-state index contributed by atoms with van der Waals surface area (Å²) in [6.07, 6.45) is 0. The van der Waals surface area contributed by atoms with Crippen molar-refractivity contribution in [2.45, 2.75) is 20.8 Å². The summed E-state index contributed by atoms with van der Waals surface area (Å²) < 4.78 is 7.07. The van der Waals surface area contributed by atoms with Crippen LogP contribution in [-0.2, 0) is 0 Å². The van der Waals surface area contributed by atoms with Crippen molar-refractivity contribution in [3.8, 4) is 5.75 Å². The van der Waals surface area contributed by atoms with Gasteiger partial charge in [0.25, 0.3) is 5.91 Å². The SMILES string of the molecule is CCN(CC)CCOc1ccccc1NC(=O)c1sc2ccccc2c1C. The van der Waals surface area contributed by atoms with Crippen molar-refractivity contribution in [3.63, 3.8) is 0 Å². The topological polar surface area (TPSA) is 41.6 Å². The molecule has 0 fully saturated rings. The molecule has 0 saturated heterocycles. The molecule has 1 aromatic heterocycles. The van der Waals surface area contributed by atoms with Crippen LogP contribution in [0.25, 0.3) is 10.1 Å². The maximum atomic E-state index is 12.9. The molecular weight excluding hydrogens is 356 g/mol. The van der Waals surface area contributed by atoms with Crippen molar-refractivity contribution in [1.29, 1.82) is 0 Å². The minimum Gasteiger partial charge on any atom is -0.490 e. The second kappa shape index (κ2) is 9.02. The van der Waals surface area contributed by atoms with Gasteiger partial charge in [0.15, 0.2) is 0 Å². The number of likely N-dealkylation sites (N-methyl/N-ethyl adjacent to an activating group) is 1. The summed E-state index contributed by atoms with van der Waals surface area (Å²) in [5, 5.41) is 4.16. The fraction of sp³-hybridized carbons (Fsp3) is 0.318. The van der Waals surface area contributed by atoms with Crippen LogP contribution < -0.4 is 10.1 Å². The minimum atomic E-state index is -0.0894. The van der Waals surface area contributed by atoms with E-state index in [0.717, 1.165) is 40.2 Å². The van der Waals surface area contributed by atoms with E-state index in [1.807, 2.05) is 49.4 Å². The highest BCUT2D eigenvalue weighted by molar-refractivity contribution is 7.21. The number of aryl methyl sites for hydroxylation is 1. The number of thiophene rings is 1. The fourth-order valence-electron chi connectivity index (χ4n) is 3.09. The monoisotopic (exact) mass is 382 g/mol. The summed E-state index contributed by atoms with van der Waals surface area (Å²) in [7, 11) is 0. The molecule has 2 aromatic carbocycles. The summed E-state index contributed by atoms with van der Waals surface area (Å²) >= 11 is 1.53. The number of carbonyl (C=O) groups excluding carboxylic acids is 1. The first-order valence-electron chi connectivity index (χ1n) is 9.37. The van der Waals surface area contributed by atoms with Crippen LogP contribution in [-0.4, -0.2) is 37.0 Å². The summed E-state index contributed by atoms with van der Waals surface area (Å²) in [5.41, 5.74) is 1.73. The molecule has 1 N–H and O–H groups in total. The molecule has 0 aliphatic rings. The Bertz CT molecular complexity index is 916. The molecule has 0 saturated carbocycles. The lowest BCUT2D eigenvalue weighted by molar-refractivity contribution is 0.102. The van der Waals surface area contributed by atoms with E-state index < -0.39 is 0 Å². The Labute approximate surface area is 164 Å². The Morgan fingerprint density at radius 3 is 2.52 bits per heavy atom. The highest BCUT2D eigenvalue weighted by atomic mass is 32.1. The maximum absolute atomic E-state index is 12.9. The number of nitrogens with one attached hydrogen (secondary N) is 1. The number of nitrogens with zero attached hydrogens (tertiary/aromatic N) is 1. The average Bonchev–Trinajstić information content (AvgIpc) is 3.03. The number of benzene rings is 2. The zero-order valence-electron chi connectivity index (χ0n) is 16.1. The van der Waals surface area contributed by atoms with E-state index in [0.29, 0.717) is 18.0 Å². The Hall–Kier alpha value is -2.37. The molecule has 0 radical (unpaired) electrons. The molecule has 0 aliphatic heterocycles. The standard InChI is InChI=1S/C22H26N2O2S/c1-4-24(5-2)14-15-26-19-12-8-7-11-18(19)23-22(25)21-16(3)17-10-6-9-13-20(17)27-21/h6-13H,4-5,14-15H2,1-3H3,(H,23,25). The van der Waals surface area contributed by atoms with E-state index in [1.165, 1.54) is 11.3 Å². The van der Waals surface area contributed by atoms with E-state index in [4.69, 9.17) is 4.74 Å². The lowest BCUT2D eigenvalue weighted by atomic mass is 10.1. The van der Waals surface area contributed by atoms with E-state index in [1.54, 1.807) is 0 Å². The van der Waals surface area contributed by atoms with E-state index >= 15 is 0 Å². The predicted molar refractivity (Wildman–Crippen MR) is 114 cm³/mol. The van der Waals surface area contributed by atoms with Crippen LogP contribution in [0, 0.1) is 6.92 Å². The molecule has 5 heteroatoms. The van der Waals surface area contributed by atoms with Gasteiger partial charge in [-0.2, -0.15) is 0 Å². The minimum absolute atomic E-state index is 0.0894. The molecule has 0 aliphatic carbocycles. The summed E-state index contributed by atoms with van der Waals surface area (Å²) in [5.74, 6) is 0.616. The Balaban J connectivity index is 1.73. The first kappa shape index (κ1) is 19.4. The van der Waals surface area contributed by atoms with Gasteiger partial charge in [-0.15, -0.1) is 11.3 Å². The largest absolute Gasteiger partial charge is 0.490 e. The molecule has 1 heterocycles. The van der Waals surface area contributed by atoms with Crippen molar-refractivity contribution < 1.29 is 9.53 Å². The second-order valence-electron chi connectivity index (χ2n) is 6.38. The zero-order chi connectivity index (χ0) is 19.2. The molecular formula is C22H26N2O2S. The third kappa shape index (κ3) is 4.49. The number of fused-ring (bicyclic) bond motifs is 1. The number of hydrogen-bond donors (Lipinski definition) is 1. The molecule has 4 nitrogen and oxygen atoms in total. The molecule has 27 heavy (non-hydrogen) atoms. The van der Waals surface area contributed by atoms with Crippen LogP contribution in [0.1, 0.15) is 29.1 Å². The van der Waals surface area contributed by atoms with Gasteiger partial charge >= 0.3 is 0 Å². The van der Waals surface area contributed by atoms with Gasteiger partial charge in [-0.05, 0) is 49.2 Å². The Kier molecular flexibility index (Phi) is 6.48. The van der Waals surface area contributed by atoms with Crippen molar-refractivity contribution in [1.82, 2.24) is 4.90 Å². The fourth-order valence-corrected chi connectivity index (χ4v) is 4.19. The van der Waals surface area contributed by atoms with Crippen LogP contribution in [0.5, 0.6) is 5.75 Å². The number of amides is 1. The van der Waals surface area contributed by atoms with E-state index in [-0.39, 0.29) is 5.91 Å². The second-order valence-corrected chi connectivity index (χ2v) is 7.43. The van der Waals surface area contributed by atoms with Crippen LogP contribution in [0.3, 0.4) is 0 Å². The zero-order valence-corrected chi connectivity index (χ0v) is 16.9. The number of para-hydroxylation sites is 2. The highest BCUT2D eigenvalue weighted by Crippen LogP contribution is 2.32. The number of carbonyl (C=O) groups is 1. The molecule has 1 amide bonds. The van der Waals surface area contributed by atoms with E-state index in [9.17, 15) is 4.79 Å². The van der Waals surface area contributed by atoms with Crippen LogP contribution in [0.2, 0.25) is 0 Å². The van der Waals surface area contributed by atoms with Crippen molar-refractivity contribution in [2.75, 3.05) is 31.6 Å². The van der Waals surface area contributed by atoms with Gasteiger partial charge in [-0.3, -0.25) is 4.79 Å². The number of anilines is 1. The van der Waals surface area contributed by atoms with Crippen molar-refractivity contribution in [2.24, 2.45) is 0 Å². The average molecular weight is 383 g/mol. The van der Waals surface area contributed by atoms with Gasteiger partial charge in [0.1, 0.15) is 12.4 Å². The van der Waals surface area contributed by atoms with Gasteiger partial charge < -0.3 is 15.0 Å². The number of hydrogen-bond acceptors (Lipinski definition) is 4. The van der Waals surface area contributed by atoms with Gasteiger partial charge in [0.05, 0.1) is 10.6 Å². The molecule has 142 valence electrons. The number of rotatable bonds is 8. The summed E-state index contributed by atoms with van der Waals surface area (Å²) in [4.78, 5) is 15.9. The molecule has 3 aromatic rings. The summed E-state index contributed by atoms with van der Waals surface area (Å²) in [6.45, 7) is 9.75. The molecule has 3 rings (SSSR count). The van der Waals surface area contributed by atoms with Gasteiger partial charge in [-0.25, -0.2) is 0 Å². The lowest BCUT2D eigenvalue weighted by Gasteiger charge is -2.19. The Morgan fingerprint density at radius 1 is 1.07 bits per heavy atom. The van der Waals surface area contributed by atoms with Crippen LogP contribution in [0.4, 0.5) is 5.69 Å². The summed E-state index contributed by atoms with van der Waals surface area (Å²) in [6, 6.07) is 15.7. The van der Waals surface area contributed by atoms with Crippen LogP contribution in [0.15, 0.2) is 48.5 Å². The first-order chi connectivity index (χ1) is 13.1. The highest BCUT2D eigenvalue weighted by Gasteiger charge is 2.16. The normalized spacial score (nSPS) is 11.1. The third-order valence-corrected chi connectivity index (χ3v) is 6.02. The first-order valence-corrected chi connectivity index (χ1v) is 10.2. The smallest absolute Gasteiger partial charge is 0.266 e. The number of ether oxygens (including phenoxy) is 1. The molecule has 0 bridgehead atoms. The predicted octanol–water partition coefficient (Wildman–Crippen LogP) is 5.18. The maximum Gasteiger partial charge on any atom is 0.266 e. The molecule has 0 unspecified atom stereocenters. The van der Waals surface area contributed by atoms with Crippen molar-refractivity contribution >= 4 is 33.0 Å². The van der Waals surface area contributed by atoms with Gasteiger partial charge in [-0.1, -0.05) is 44.2 Å². The van der Waals surface area contributed by atoms with Crippen molar-refractivity contribution in [3.05, 3.63) is 59.0 Å². The molecule has 0 atom stereocenters. The lowest BCUT2D eigenvalue weighted by Crippen LogP contribution is -2.28. The Morgan fingerprint density at radius 2 is 1.78 bits per heavy atom. The van der Waals surface area contributed by atoms with Gasteiger partial charge in [0, 0.05) is 11.2 Å².